The number of hydrogen-bond acceptors (Lipinski definition) is 3. The third kappa shape index (κ3) is 2.05. The SMILES string of the molecule is CCCNc1cc2c(cc1O)[C@@]13CCCC[C@H]1[C@@H](C2)NCC3. The first-order valence-electron chi connectivity index (χ1n) is 9.08. The third-order valence-corrected chi connectivity index (χ3v) is 6.32. The molecule has 0 unspecified atom stereocenters. The minimum absolute atomic E-state index is 0.336. The molecule has 3 atom stereocenters. The number of aromatic hydroxyl groups is 1. The van der Waals surface area contributed by atoms with Gasteiger partial charge in [-0.3, -0.25) is 0 Å². The van der Waals surface area contributed by atoms with E-state index in [1.807, 2.05) is 0 Å². The summed E-state index contributed by atoms with van der Waals surface area (Å²) in [6.45, 7) is 4.21. The van der Waals surface area contributed by atoms with Gasteiger partial charge in [0, 0.05) is 18.0 Å². The second kappa shape index (κ2) is 5.45. The van der Waals surface area contributed by atoms with E-state index < -0.39 is 0 Å². The Morgan fingerprint density at radius 3 is 3.09 bits per heavy atom. The lowest BCUT2D eigenvalue weighted by Gasteiger charge is -2.56. The van der Waals surface area contributed by atoms with Crippen LogP contribution in [0.3, 0.4) is 0 Å². The van der Waals surface area contributed by atoms with Gasteiger partial charge < -0.3 is 15.7 Å². The summed E-state index contributed by atoms with van der Waals surface area (Å²) in [5, 5.41) is 17.7. The van der Waals surface area contributed by atoms with E-state index in [9.17, 15) is 5.11 Å². The molecule has 3 heteroatoms. The highest BCUT2D eigenvalue weighted by molar-refractivity contribution is 5.62. The summed E-state index contributed by atoms with van der Waals surface area (Å²) >= 11 is 0. The van der Waals surface area contributed by atoms with Gasteiger partial charge in [0.05, 0.1) is 5.69 Å². The summed E-state index contributed by atoms with van der Waals surface area (Å²) in [4.78, 5) is 0. The molecule has 1 aromatic rings. The molecule has 3 aliphatic rings. The molecule has 1 aromatic carbocycles. The van der Waals surface area contributed by atoms with Gasteiger partial charge in [0.2, 0.25) is 0 Å². The number of phenols is 1. The molecule has 2 fully saturated rings. The van der Waals surface area contributed by atoms with Crippen molar-refractivity contribution in [3.05, 3.63) is 23.3 Å². The van der Waals surface area contributed by atoms with E-state index in [1.165, 1.54) is 43.2 Å². The Morgan fingerprint density at radius 1 is 1.32 bits per heavy atom. The Balaban J connectivity index is 1.78. The zero-order valence-electron chi connectivity index (χ0n) is 13.6. The first kappa shape index (κ1) is 14.4. The molecule has 1 aliphatic heterocycles. The molecule has 120 valence electrons. The monoisotopic (exact) mass is 300 g/mol. The molecule has 1 heterocycles. The molecule has 22 heavy (non-hydrogen) atoms. The molecule has 1 saturated carbocycles. The average molecular weight is 300 g/mol. The number of benzene rings is 1. The minimum Gasteiger partial charge on any atom is -0.506 e. The molecule has 2 bridgehead atoms. The van der Waals surface area contributed by atoms with E-state index in [4.69, 9.17) is 0 Å². The van der Waals surface area contributed by atoms with Crippen molar-refractivity contribution in [2.24, 2.45) is 5.92 Å². The number of phenolic OH excluding ortho intramolecular Hbond substituents is 1. The van der Waals surface area contributed by atoms with Gasteiger partial charge in [0.15, 0.2) is 0 Å². The van der Waals surface area contributed by atoms with Crippen LogP contribution in [0.1, 0.15) is 56.6 Å². The fraction of sp³-hybridized carbons (Fsp3) is 0.684. The van der Waals surface area contributed by atoms with Crippen LogP contribution in [0, 0.1) is 5.92 Å². The van der Waals surface area contributed by atoms with Gasteiger partial charge in [-0.05, 0) is 67.8 Å². The Kier molecular flexibility index (Phi) is 3.56. The van der Waals surface area contributed by atoms with E-state index in [-0.39, 0.29) is 0 Å². The number of nitrogens with one attached hydrogen (secondary N) is 2. The zero-order chi connectivity index (χ0) is 15.2. The quantitative estimate of drug-likeness (QED) is 0.748. The number of fused-ring (bicyclic) bond motifs is 1. The molecule has 0 radical (unpaired) electrons. The van der Waals surface area contributed by atoms with Crippen molar-refractivity contribution >= 4 is 5.69 Å². The molecule has 4 rings (SSSR count). The lowest BCUT2D eigenvalue weighted by atomic mass is 9.53. The number of rotatable bonds is 3. The van der Waals surface area contributed by atoms with E-state index in [0.717, 1.165) is 37.5 Å². The Morgan fingerprint density at radius 2 is 2.23 bits per heavy atom. The number of piperidine rings is 1. The smallest absolute Gasteiger partial charge is 0.138 e. The predicted molar refractivity (Wildman–Crippen MR) is 90.6 cm³/mol. The minimum atomic E-state index is 0.336. The van der Waals surface area contributed by atoms with Gasteiger partial charge >= 0.3 is 0 Å². The molecule has 0 amide bonds. The van der Waals surface area contributed by atoms with Crippen molar-refractivity contribution in [1.29, 1.82) is 0 Å². The molecular formula is C19H28N2O. The van der Waals surface area contributed by atoms with Gasteiger partial charge in [-0.25, -0.2) is 0 Å². The predicted octanol–water partition coefficient (Wildman–Crippen LogP) is 3.56. The molecular weight excluding hydrogens is 272 g/mol. The van der Waals surface area contributed by atoms with Crippen molar-refractivity contribution in [3.8, 4) is 5.75 Å². The first-order valence-corrected chi connectivity index (χ1v) is 9.08. The highest BCUT2D eigenvalue weighted by atomic mass is 16.3. The Labute approximate surface area is 133 Å². The first-order chi connectivity index (χ1) is 10.7. The van der Waals surface area contributed by atoms with Gasteiger partial charge in [0.1, 0.15) is 5.75 Å². The summed E-state index contributed by atoms with van der Waals surface area (Å²) in [5.41, 5.74) is 4.19. The topological polar surface area (TPSA) is 44.3 Å². The maximum Gasteiger partial charge on any atom is 0.138 e. The number of hydrogen-bond donors (Lipinski definition) is 3. The second-order valence-electron chi connectivity index (χ2n) is 7.48. The Bertz CT molecular complexity index is 567. The fourth-order valence-electron chi connectivity index (χ4n) is 5.37. The van der Waals surface area contributed by atoms with Crippen LogP contribution in [-0.2, 0) is 11.8 Å². The van der Waals surface area contributed by atoms with Gasteiger partial charge in [0.25, 0.3) is 0 Å². The van der Waals surface area contributed by atoms with E-state index in [1.54, 1.807) is 0 Å². The van der Waals surface area contributed by atoms with Crippen LogP contribution >= 0.6 is 0 Å². The maximum atomic E-state index is 10.5. The molecule has 1 saturated heterocycles. The lowest BCUT2D eigenvalue weighted by Crippen LogP contribution is -2.59. The summed E-state index contributed by atoms with van der Waals surface area (Å²) in [6.07, 6.45) is 8.83. The third-order valence-electron chi connectivity index (χ3n) is 6.32. The van der Waals surface area contributed by atoms with Crippen LogP contribution in [-0.4, -0.2) is 24.2 Å². The lowest BCUT2D eigenvalue weighted by molar-refractivity contribution is 0.0796. The van der Waals surface area contributed by atoms with Crippen molar-refractivity contribution in [2.45, 2.75) is 63.3 Å². The van der Waals surface area contributed by atoms with Crippen molar-refractivity contribution < 1.29 is 5.11 Å². The van der Waals surface area contributed by atoms with Crippen molar-refractivity contribution in [1.82, 2.24) is 5.32 Å². The van der Waals surface area contributed by atoms with Crippen LogP contribution in [0.25, 0.3) is 0 Å². The summed E-state index contributed by atoms with van der Waals surface area (Å²) in [7, 11) is 0. The Hall–Kier alpha value is -1.22. The van der Waals surface area contributed by atoms with E-state index in [2.05, 4.69) is 29.7 Å². The van der Waals surface area contributed by atoms with Gasteiger partial charge in [-0.15, -0.1) is 0 Å². The average Bonchev–Trinajstić information content (AvgIpc) is 2.54. The van der Waals surface area contributed by atoms with E-state index >= 15 is 0 Å². The molecule has 0 spiro atoms. The summed E-state index contributed by atoms with van der Waals surface area (Å²) < 4.78 is 0. The highest BCUT2D eigenvalue weighted by Crippen LogP contribution is 2.55. The maximum absolute atomic E-state index is 10.5. The van der Waals surface area contributed by atoms with Crippen LogP contribution in [0.5, 0.6) is 5.75 Å². The summed E-state index contributed by atoms with van der Waals surface area (Å²) in [5.74, 6) is 1.22. The van der Waals surface area contributed by atoms with Crippen LogP contribution < -0.4 is 10.6 Å². The van der Waals surface area contributed by atoms with Crippen molar-refractivity contribution in [2.75, 3.05) is 18.4 Å². The van der Waals surface area contributed by atoms with Crippen molar-refractivity contribution in [3.63, 3.8) is 0 Å². The van der Waals surface area contributed by atoms with Gasteiger partial charge in [-0.2, -0.15) is 0 Å². The molecule has 0 aromatic heterocycles. The molecule has 3 nitrogen and oxygen atoms in total. The number of anilines is 1. The molecule has 2 aliphatic carbocycles. The summed E-state index contributed by atoms with van der Waals surface area (Å²) in [6, 6.07) is 4.98. The second-order valence-corrected chi connectivity index (χ2v) is 7.48. The normalized spacial score (nSPS) is 33.0. The highest BCUT2D eigenvalue weighted by Gasteiger charge is 2.51. The van der Waals surface area contributed by atoms with Gasteiger partial charge in [-0.1, -0.05) is 19.8 Å². The van der Waals surface area contributed by atoms with Crippen LogP contribution in [0.15, 0.2) is 12.1 Å². The fourth-order valence-corrected chi connectivity index (χ4v) is 5.37. The van der Waals surface area contributed by atoms with E-state index in [0.29, 0.717) is 17.2 Å². The van der Waals surface area contributed by atoms with Crippen LogP contribution in [0.4, 0.5) is 5.69 Å². The standard InChI is InChI=1S/C19H28N2O/c1-2-8-20-17-11-13-10-16-14-5-3-4-6-19(14,7-9-21-16)15(13)12-18(17)22/h11-12,14,16,20-22H,2-10H2,1H3/t14-,16+,19+/m0/s1. The zero-order valence-corrected chi connectivity index (χ0v) is 13.6. The van der Waals surface area contributed by atoms with Crippen LogP contribution in [0.2, 0.25) is 0 Å². The largest absolute Gasteiger partial charge is 0.506 e. The molecule has 3 N–H and O–H groups in total.